The lowest BCUT2D eigenvalue weighted by molar-refractivity contribution is -0.0494. The molecule has 0 radical (unpaired) electrons. The maximum Gasteiger partial charge on any atom is 0.387 e. The third-order valence-corrected chi connectivity index (χ3v) is 6.13. The van der Waals surface area contributed by atoms with Gasteiger partial charge in [-0.1, -0.05) is 53.6 Å². The number of alkyl halides is 2. The second-order valence-corrected chi connectivity index (χ2v) is 9.21. The third-order valence-electron chi connectivity index (χ3n) is 5.84. The van der Waals surface area contributed by atoms with Gasteiger partial charge in [-0.3, -0.25) is 0 Å². The quantitative estimate of drug-likeness (QED) is 0.533. The van der Waals surface area contributed by atoms with E-state index in [1.165, 1.54) is 11.6 Å². The van der Waals surface area contributed by atoms with Gasteiger partial charge >= 0.3 is 6.61 Å². The molecule has 2 aliphatic heterocycles. The van der Waals surface area contributed by atoms with E-state index in [1.807, 2.05) is 42.5 Å². The fourth-order valence-corrected chi connectivity index (χ4v) is 4.99. The number of fused-ring (bicyclic) bond motifs is 5. The first-order valence-electron chi connectivity index (χ1n) is 10.4. The minimum atomic E-state index is -3.00. The predicted molar refractivity (Wildman–Crippen MR) is 124 cm³/mol. The van der Waals surface area contributed by atoms with Crippen molar-refractivity contribution in [2.45, 2.75) is 39.3 Å². The smallest absolute Gasteiger partial charge is 0.387 e. The van der Waals surface area contributed by atoms with Crippen molar-refractivity contribution in [1.82, 2.24) is 0 Å². The van der Waals surface area contributed by atoms with E-state index in [1.54, 1.807) is 6.07 Å². The van der Waals surface area contributed by atoms with E-state index in [-0.39, 0.29) is 16.3 Å². The van der Waals surface area contributed by atoms with Crippen molar-refractivity contribution in [2.75, 3.05) is 5.32 Å². The molecule has 3 nitrogen and oxygen atoms in total. The summed E-state index contributed by atoms with van der Waals surface area (Å²) in [6.45, 7) is 3.41. The summed E-state index contributed by atoms with van der Waals surface area (Å²) < 4.78 is 37.8. The van der Waals surface area contributed by atoms with Gasteiger partial charge < -0.3 is 14.8 Å². The van der Waals surface area contributed by atoms with Gasteiger partial charge in [0.15, 0.2) is 5.75 Å². The zero-order valence-corrected chi connectivity index (χ0v) is 18.7. The van der Waals surface area contributed by atoms with Crippen LogP contribution in [0.1, 0.15) is 32.8 Å². The van der Waals surface area contributed by atoms with E-state index < -0.39 is 6.61 Å². The fourth-order valence-electron chi connectivity index (χ4n) is 4.79. The summed E-state index contributed by atoms with van der Waals surface area (Å²) in [5.41, 5.74) is 4.17. The molecule has 5 rings (SSSR count). The molecule has 2 aliphatic rings. The van der Waals surface area contributed by atoms with Crippen molar-refractivity contribution in [3.8, 4) is 22.6 Å². The first kappa shape index (κ1) is 20.8. The van der Waals surface area contributed by atoms with Gasteiger partial charge in [-0.05, 0) is 45.4 Å². The summed E-state index contributed by atoms with van der Waals surface area (Å²) in [6, 6.07) is 16.9. The monoisotopic (exact) mass is 453 g/mol. The molecule has 6 heteroatoms. The van der Waals surface area contributed by atoms with E-state index >= 15 is 0 Å². The standard InChI is InChI=1S/C26H22ClF2NO2/c1-14-13-26(2,3)30-18-11-9-16-21-19(12-10-17(27)24(21)32-25(28)29)31-23(22(16)20(14)18)15-7-5-4-6-8-15/h4-12,25,30H,13H2,1-3H3. The van der Waals surface area contributed by atoms with Crippen LogP contribution >= 0.6 is 11.6 Å². The van der Waals surface area contributed by atoms with Crippen LogP contribution in [0, 0.1) is 0 Å². The number of ether oxygens (including phenoxy) is 2. The van der Waals surface area contributed by atoms with E-state index in [0.717, 1.165) is 33.7 Å². The maximum atomic E-state index is 13.3. The molecule has 3 aromatic carbocycles. The molecule has 0 amide bonds. The first-order valence-corrected chi connectivity index (χ1v) is 10.8. The number of hydrogen-bond acceptors (Lipinski definition) is 3. The fraction of sp³-hybridized carbons (Fsp3) is 0.231. The molecule has 0 bridgehead atoms. The van der Waals surface area contributed by atoms with Crippen LogP contribution in [-0.2, 0) is 0 Å². The zero-order valence-electron chi connectivity index (χ0n) is 17.9. The van der Waals surface area contributed by atoms with Gasteiger partial charge in [0, 0.05) is 32.8 Å². The number of rotatable bonds is 3. The molecule has 2 heterocycles. The van der Waals surface area contributed by atoms with Gasteiger partial charge in [0.2, 0.25) is 0 Å². The van der Waals surface area contributed by atoms with Crippen molar-refractivity contribution < 1.29 is 18.3 Å². The van der Waals surface area contributed by atoms with Crippen LogP contribution in [0.15, 0.2) is 54.6 Å². The summed E-state index contributed by atoms with van der Waals surface area (Å²) in [5, 5.41) is 5.59. The predicted octanol–water partition coefficient (Wildman–Crippen LogP) is 5.92. The number of halogens is 3. The average molecular weight is 454 g/mol. The largest absolute Gasteiger partial charge is 0.455 e. The summed E-state index contributed by atoms with van der Waals surface area (Å²) in [7, 11) is 0. The average Bonchev–Trinajstić information content (AvgIpc) is 2.74. The van der Waals surface area contributed by atoms with Crippen LogP contribution in [0.5, 0.6) is 11.5 Å². The highest BCUT2D eigenvalue weighted by Gasteiger charge is 2.30. The third kappa shape index (κ3) is 3.41. The lowest BCUT2D eigenvalue weighted by Gasteiger charge is -2.34. The summed E-state index contributed by atoms with van der Waals surface area (Å²) in [4.78, 5) is 0. The Bertz CT molecular complexity index is 1350. The normalized spacial score (nSPS) is 16.0. The molecule has 0 atom stereocenters. The van der Waals surface area contributed by atoms with E-state index in [4.69, 9.17) is 21.1 Å². The van der Waals surface area contributed by atoms with E-state index in [9.17, 15) is 8.78 Å². The Labute approximate surface area is 189 Å². The lowest BCUT2D eigenvalue weighted by Crippen LogP contribution is -2.45. The van der Waals surface area contributed by atoms with Gasteiger partial charge in [0.05, 0.1) is 10.6 Å². The molecule has 0 aliphatic carbocycles. The summed E-state index contributed by atoms with van der Waals surface area (Å²) in [5.74, 6) is 1.03. The Hall–Kier alpha value is -3.05. The van der Waals surface area contributed by atoms with Crippen LogP contribution < -0.4 is 25.2 Å². The molecule has 0 fully saturated rings. The Balaban J connectivity index is 1.93. The Morgan fingerprint density at radius 1 is 1.03 bits per heavy atom. The number of hydrogen-bond donors (Lipinski definition) is 1. The molecule has 1 N–H and O–H groups in total. The molecular formula is C26H22ClF2NO2. The van der Waals surface area contributed by atoms with Crippen molar-refractivity contribution >= 4 is 28.6 Å². The second kappa shape index (κ2) is 7.52. The molecule has 0 unspecified atom stereocenters. The second-order valence-electron chi connectivity index (χ2n) is 8.80. The van der Waals surface area contributed by atoms with Crippen molar-refractivity contribution in [3.05, 3.63) is 75.6 Å². The minimum absolute atomic E-state index is 0.0748. The molecule has 0 saturated carbocycles. The van der Waals surface area contributed by atoms with Crippen LogP contribution in [0.3, 0.4) is 0 Å². The molecule has 164 valence electrons. The topological polar surface area (TPSA) is 30.5 Å². The van der Waals surface area contributed by atoms with Crippen LogP contribution in [0.2, 0.25) is 5.02 Å². The van der Waals surface area contributed by atoms with Gasteiger partial charge in [-0.2, -0.15) is 8.78 Å². The highest BCUT2D eigenvalue weighted by Crippen LogP contribution is 2.46. The molecular weight excluding hydrogens is 432 g/mol. The number of anilines is 1. The van der Waals surface area contributed by atoms with Crippen molar-refractivity contribution in [1.29, 1.82) is 0 Å². The molecule has 3 aromatic rings. The van der Waals surface area contributed by atoms with E-state index in [0.29, 0.717) is 17.1 Å². The molecule has 0 aromatic heterocycles. The van der Waals surface area contributed by atoms with Crippen molar-refractivity contribution in [3.63, 3.8) is 0 Å². The zero-order chi connectivity index (χ0) is 22.6. The Morgan fingerprint density at radius 3 is 2.50 bits per heavy atom. The Morgan fingerprint density at radius 2 is 1.78 bits per heavy atom. The van der Waals surface area contributed by atoms with Crippen LogP contribution in [-0.4, -0.2) is 12.2 Å². The highest BCUT2D eigenvalue weighted by atomic mass is 35.5. The maximum absolute atomic E-state index is 13.3. The number of benzene rings is 3. The summed E-state index contributed by atoms with van der Waals surface area (Å²) in [6.07, 6.45) is 0.835. The molecule has 32 heavy (non-hydrogen) atoms. The molecule has 0 saturated heterocycles. The van der Waals surface area contributed by atoms with Crippen molar-refractivity contribution in [2.24, 2.45) is 0 Å². The Kier molecular flexibility index (Phi) is 4.90. The highest BCUT2D eigenvalue weighted by molar-refractivity contribution is 6.32. The first-order chi connectivity index (χ1) is 15.2. The minimum Gasteiger partial charge on any atom is -0.455 e. The van der Waals surface area contributed by atoms with Gasteiger partial charge in [-0.15, -0.1) is 0 Å². The molecule has 0 spiro atoms. The van der Waals surface area contributed by atoms with Crippen LogP contribution in [0.4, 0.5) is 14.5 Å². The summed E-state index contributed by atoms with van der Waals surface area (Å²) >= 11 is 6.30. The van der Waals surface area contributed by atoms with E-state index in [2.05, 4.69) is 26.1 Å². The van der Waals surface area contributed by atoms with Gasteiger partial charge in [-0.25, -0.2) is 0 Å². The van der Waals surface area contributed by atoms with Crippen LogP contribution in [0.25, 0.3) is 22.5 Å². The lowest BCUT2D eigenvalue weighted by atomic mass is 9.86. The van der Waals surface area contributed by atoms with Gasteiger partial charge in [0.1, 0.15) is 11.5 Å². The van der Waals surface area contributed by atoms with Gasteiger partial charge in [0.25, 0.3) is 0 Å². The SMILES string of the molecule is CC1=c2c(ccc3c2=C(c2ccccc2)Oc2ccc(Cl)c(OC(F)F)c2-3)NC(C)(C)C1. The number of nitrogens with one attached hydrogen (secondary N) is 1.